The molecule has 0 bridgehead atoms. The van der Waals surface area contributed by atoms with Crippen molar-refractivity contribution in [1.82, 2.24) is 20.5 Å². The number of nitrogens with zero attached hydrogens (tertiary/aromatic N) is 3. The third-order valence-corrected chi connectivity index (χ3v) is 4.43. The van der Waals surface area contributed by atoms with Gasteiger partial charge in [-0.2, -0.15) is 0 Å². The number of thiazole rings is 1. The number of aliphatic imine (C=N–C) groups is 1. The molecule has 1 aromatic heterocycles. The van der Waals surface area contributed by atoms with Gasteiger partial charge in [0.15, 0.2) is 5.96 Å². The first-order valence-corrected chi connectivity index (χ1v) is 8.75. The minimum Gasteiger partial charge on any atom is -0.357 e. The standard InChI is InChI=1S/C15H27N5S/c1-3-16-15(19-12-14-18-11-13(2)21-14)17-7-6-10-20-8-4-5-9-20/h11H,3-10,12H2,1-2H3,(H2,16,17,19). The third kappa shape index (κ3) is 6.01. The Morgan fingerprint density at radius 2 is 2.19 bits per heavy atom. The summed E-state index contributed by atoms with van der Waals surface area (Å²) in [5.74, 6) is 0.895. The second-order valence-corrected chi connectivity index (χ2v) is 6.71. The molecule has 5 nitrogen and oxygen atoms in total. The number of hydrogen-bond donors (Lipinski definition) is 2. The van der Waals surface area contributed by atoms with Crippen LogP contribution in [0.1, 0.15) is 36.1 Å². The van der Waals surface area contributed by atoms with Gasteiger partial charge in [-0.1, -0.05) is 0 Å². The summed E-state index contributed by atoms with van der Waals surface area (Å²) in [5, 5.41) is 7.77. The SMILES string of the molecule is CCNC(=NCc1ncc(C)s1)NCCCN1CCCC1. The Balaban J connectivity index is 1.70. The maximum absolute atomic E-state index is 4.60. The van der Waals surface area contributed by atoms with E-state index in [1.165, 1.54) is 43.8 Å². The quantitative estimate of drug-likeness (QED) is 0.459. The van der Waals surface area contributed by atoms with Gasteiger partial charge < -0.3 is 15.5 Å². The zero-order valence-electron chi connectivity index (χ0n) is 13.2. The van der Waals surface area contributed by atoms with E-state index in [4.69, 9.17) is 0 Å². The molecule has 1 aliphatic rings. The smallest absolute Gasteiger partial charge is 0.191 e. The van der Waals surface area contributed by atoms with Crippen molar-refractivity contribution in [2.24, 2.45) is 4.99 Å². The summed E-state index contributed by atoms with van der Waals surface area (Å²) >= 11 is 1.71. The molecule has 0 aliphatic carbocycles. The molecule has 1 fully saturated rings. The van der Waals surface area contributed by atoms with Gasteiger partial charge in [0, 0.05) is 24.2 Å². The topological polar surface area (TPSA) is 52.6 Å². The van der Waals surface area contributed by atoms with Gasteiger partial charge in [0.05, 0.1) is 6.54 Å². The summed E-state index contributed by atoms with van der Waals surface area (Å²) < 4.78 is 0. The molecule has 0 unspecified atom stereocenters. The monoisotopic (exact) mass is 309 g/mol. The predicted octanol–water partition coefficient (Wildman–Crippen LogP) is 1.99. The van der Waals surface area contributed by atoms with Gasteiger partial charge in [-0.15, -0.1) is 11.3 Å². The lowest BCUT2D eigenvalue weighted by molar-refractivity contribution is 0.334. The Morgan fingerprint density at radius 3 is 2.86 bits per heavy atom. The predicted molar refractivity (Wildman–Crippen MR) is 90.0 cm³/mol. The van der Waals surface area contributed by atoms with E-state index in [0.717, 1.165) is 24.1 Å². The molecule has 2 N–H and O–H groups in total. The van der Waals surface area contributed by atoms with E-state index in [1.54, 1.807) is 11.3 Å². The van der Waals surface area contributed by atoms with Gasteiger partial charge in [0.2, 0.25) is 0 Å². The molecule has 0 aromatic carbocycles. The highest BCUT2D eigenvalue weighted by Crippen LogP contribution is 2.11. The average Bonchev–Trinajstić information content (AvgIpc) is 3.12. The summed E-state index contributed by atoms with van der Waals surface area (Å²) in [4.78, 5) is 12.7. The summed E-state index contributed by atoms with van der Waals surface area (Å²) in [6.45, 7) is 10.4. The lowest BCUT2D eigenvalue weighted by Crippen LogP contribution is -2.38. The van der Waals surface area contributed by atoms with Crippen molar-refractivity contribution in [1.29, 1.82) is 0 Å². The molecule has 1 aromatic rings. The summed E-state index contributed by atoms with van der Waals surface area (Å²) in [5.41, 5.74) is 0. The summed E-state index contributed by atoms with van der Waals surface area (Å²) in [6.07, 6.45) is 5.81. The first-order valence-electron chi connectivity index (χ1n) is 7.94. The van der Waals surface area contributed by atoms with Gasteiger partial charge in [-0.05, 0) is 52.7 Å². The molecule has 21 heavy (non-hydrogen) atoms. The van der Waals surface area contributed by atoms with Crippen molar-refractivity contribution in [2.45, 2.75) is 39.7 Å². The second-order valence-electron chi connectivity index (χ2n) is 5.39. The van der Waals surface area contributed by atoms with E-state index in [0.29, 0.717) is 6.54 Å². The van der Waals surface area contributed by atoms with E-state index >= 15 is 0 Å². The minimum absolute atomic E-state index is 0.653. The highest BCUT2D eigenvalue weighted by atomic mass is 32.1. The fourth-order valence-electron chi connectivity index (χ4n) is 2.48. The van der Waals surface area contributed by atoms with Gasteiger partial charge >= 0.3 is 0 Å². The van der Waals surface area contributed by atoms with Crippen molar-refractivity contribution in [3.05, 3.63) is 16.1 Å². The number of rotatable bonds is 7. The van der Waals surface area contributed by atoms with Crippen molar-refractivity contribution in [2.75, 3.05) is 32.7 Å². The lowest BCUT2D eigenvalue weighted by Gasteiger charge is -2.15. The summed E-state index contributed by atoms with van der Waals surface area (Å²) in [6, 6.07) is 0. The van der Waals surface area contributed by atoms with Gasteiger partial charge in [0.25, 0.3) is 0 Å². The molecule has 0 atom stereocenters. The molecule has 118 valence electrons. The van der Waals surface area contributed by atoms with E-state index in [2.05, 4.69) is 39.4 Å². The Morgan fingerprint density at radius 1 is 1.38 bits per heavy atom. The first kappa shape index (κ1) is 16.2. The van der Waals surface area contributed by atoms with E-state index in [1.807, 2.05) is 6.20 Å². The van der Waals surface area contributed by atoms with Gasteiger partial charge in [-0.3, -0.25) is 0 Å². The second kappa shape index (κ2) is 9.00. The van der Waals surface area contributed by atoms with Crippen LogP contribution in [0.4, 0.5) is 0 Å². The van der Waals surface area contributed by atoms with Crippen LogP contribution in [-0.2, 0) is 6.54 Å². The van der Waals surface area contributed by atoms with Crippen molar-refractivity contribution >= 4 is 17.3 Å². The molecule has 0 spiro atoms. The normalized spacial score (nSPS) is 16.4. The fraction of sp³-hybridized carbons (Fsp3) is 0.733. The van der Waals surface area contributed by atoms with Crippen LogP contribution in [0, 0.1) is 6.92 Å². The van der Waals surface area contributed by atoms with Crippen LogP contribution in [-0.4, -0.2) is 48.6 Å². The van der Waals surface area contributed by atoms with Gasteiger partial charge in [0.1, 0.15) is 5.01 Å². The van der Waals surface area contributed by atoms with Crippen molar-refractivity contribution < 1.29 is 0 Å². The molecule has 2 rings (SSSR count). The molecule has 0 amide bonds. The zero-order valence-corrected chi connectivity index (χ0v) is 14.0. The molecule has 2 heterocycles. The molecule has 1 aliphatic heterocycles. The van der Waals surface area contributed by atoms with Gasteiger partial charge in [-0.25, -0.2) is 9.98 Å². The largest absolute Gasteiger partial charge is 0.357 e. The molecular formula is C15H27N5S. The fourth-order valence-corrected chi connectivity index (χ4v) is 3.19. The maximum atomic E-state index is 4.60. The molecule has 0 saturated carbocycles. The minimum atomic E-state index is 0.653. The molecule has 1 saturated heterocycles. The Kier molecular flexibility index (Phi) is 6.95. The third-order valence-electron chi connectivity index (χ3n) is 3.53. The van der Waals surface area contributed by atoms with Crippen LogP contribution in [0.3, 0.4) is 0 Å². The number of hydrogen-bond acceptors (Lipinski definition) is 4. The van der Waals surface area contributed by atoms with Crippen LogP contribution in [0.25, 0.3) is 0 Å². The van der Waals surface area contributed by atoms with E-state index < -0.39 is 0 Å². The molecule has 0 radical (unpaired) electrons. The number of aromatic nitrogens is 1. The van der Waals surface area contributed by atoms with Crippen LogP contribution >= 0.6 is 11.3 Å². The highest BCUT2D eigenvalue weighted by molar-refractivity contribution is 7.11. The number of nitrogens with one attached hydrogen (secondary N) is 2. The lowest BCUT2D eigenvalue weighted by atomic mass is 10.4. The van der Waals surface area contributed by atoms with Crippen LogP contribution in [0.2, 0.25) is 0 Å². The van der Waals surface area contributed by atoms with Crippen LogP contribution < -0.4 is 10.6 Å². The number of likely N-dealkylation sites (tertiary alicyclic amines) is 1. The average molecular weight is 309 g/mol. The van der Waals surface area contributed by atoms with Crippen LogP contribution in [0.15, 0.2) is 11.2 Å². The zero-order chi connectivity index (χ0) is 14.9. The van der Waals surface area contributed by atoms with E-state index in [9.17, 15) is 0 Å². The first-order chi connectivity index (χ1) is 10.3. The highest BCUT2D eigenvalue weighted by Gasteiger charge is 2.10. The molecular weight excluding hydrogens is 282 g/mol. The van der Waals surface area contributed by atoms with Crippen molar-refractivity contribution in [3.8, 4) is 0 Å². The van der Waals surface area contributed by atoms with Crippen LogP contribution in [0.5, 0.6) is 0 Å². The van der Waals surface area contributed by atoms with E-state index in [-0.39, 0.29) is 0 Å². The van der Waals surface area contributed by atoms with Crippen molar-refractivity contribution in [3.63, 3.8) is 0 Å². The summed E-state index contributed by atoms with van der Waals surface area (Å²) in [7, 11) is 0. The number of aryl methyl sites for hydroxylation is 1. The Bertz CT molecular complexity index is 437. The maximum Gasteiger partial charge on any atom is 0.191 e. The Hall–Kier alpha value is -1.14. The number of guanidine groups is 1. The Labute approximate surface area is 131 Å². The molecule has 6 heteroatoms.